The van der Waals surface area contributed by atoms with Crippen molar-refractivity contribution in [2.24, 2.45) is 0 Å². The molecule has 7 heteroatoms. The zero-order valence-corrected chi connectivity index (χ0v) is 13.8. The summed E-state index contributed by atoms with van der Waals surface area (Å²) >= 11 is 0. The zero-order chi connectivity index (χ0) is 16.9. The molecule has 1 saturated heterocycles. The normalized spacial score (nSPS) is 16.2. The number of aromatic nitrogens is 3. The SMILES string of the molecule is CC(NCc1ccc(-n2cncn2)c(F)c1)C(=O)N1CCCCC1. The molecule has 128 valence electrons. The van der Waals surface area contributed by atoms with Gasteiger partial charge in [0.1, 0.15) is 24.2 Å². The molecule has 1 aliphatic rings. The van der Waals surface area contributed by atoms with Gasteiger partial charge in [-0.15, -0.1) is 0 Å². The minimum Gasteiger partial charge on any atom is -0.341 e. The predicted octanol–water partition coefficient (Wildman–Crippen LogP) is 1.90. The van der Waals surface area contributed by atoms with Gasteiger partial charge in [-0.1, -0.05) is 6.07 Å². The molecular formula is C17H22FN5O. The standard InChI is InChI=1S/C17H22FN5O/c1-13(17(24)22-7-3-2-4-8-22)20-10-14-5-6-16(15(18)9-14)23-12-19-11-21-23/h5-6,9,11-13,20H,2-4,7-8,10H2,1H3. The van der Waals surface area contributed by atoms with E-state index in [-0.39, 0.29) is 17.8 Å². The molecule has 3 rings (SSSR count). The Balaban J connectivity index is 1.58. The molecule has 1 atom stereocenters. The van der Waals surface area contributed by atoms with Gasteiger partial charge in [-0.3, -0.25) is 4.79 Å². The maximum Gasteiger partial charge on any atom is 0.239 e. The van der Waals surface area contributed by atoms with E-state index in [2.05, 4.69) is 15.4 Å². The highest BCUT2D eigenvalue weighted by Crippen LogP contribution is 2.14. The van der Waals surface area contributed by atoms with Crippen LogP contribution < -0.4 is 5.32 Å². The second-order valence-electron chi connectivity index (χ2n) is 6.11. The second kappa shape index (κ2) is 7.53. The number of carbonyl (C=O) groups excluding carboxylic acids is 1. The molecule has 1 fully saturated rings. The molecule has 2 aromatic rings. The third kappa shape index (κ3) is 3.79. The number of nitrogens with one attached hydrogen (secondary N) is 1. The van der Waals surface area contributed by atoms with E-state index in [0.717, 1.165) is 31.5 Å². The van der Waals surface area contributed by atoms with Gasteiger partial charge < -0.3 is 10.2 Å². The van der Waals surface area contributed by atoms with Crippen LogP contribution in [-0.2, 0) is 11.3 Å². The lowest BCUT2D eigenvalue weighted by Gasteiger charge is -2.29. The first-order chi connectivity index (χ1) is 11.6. The predicted molar refractivity (Wildman–Crippen MR) is 88.0 cm³/mol. The Morgan fingerprint density at radius 1 is 1.33 bits per heavy atom. The van der Waals surface area contributed by atoms with Gasteiger partial charge in [0.05, 0.1) is 6.04 Å². The number of amides is 1. The largest absolute Gasteiger partial charge is 0.341 e. The van der Waals surface area contributed by atoms with Crippen molar-refractivity contribution >= 4 is 5.91 Å². The lowest BCUT2D eigenvalue weighted by atomic mass is 10.1. The summed E-state index contributed by atoms with van der Waals surface area (Å²) in [6.07, 6.45) is 6.17. The summed E-state index contributed by atoms with van der Waals surface area (Å²) in [5, 5.41) is 7.11. The average molecular weight is 331 g/mol. The summed E-state index contributed by atoms with van der Waals surface area (Å²) in [5.74, 6) is -0.246. The Hall–Kier alpha value is -2.28. The molecule has 0 saturated carbocycles. The fourth-order valence-corrected chi connectivity index (χ4v) is 2.93. The van der Waals surface area contributed by atoms with E-state index in [1.54, 1.807) is 6.07 Å². The maximum atomic E-state index is 14.2. The van der Waals surface area contributed by atoms with Crippen molar-refractivity contribution in [1.29, 1.82) is 0 Å². The Labute approximate surface area is 140 Å². The van der Waals surface area contributed by atoms with Gasteiger partial charge in [0, 0.05) is 19.6 Å². The molecule has 0 radical (unpaired) electrons. The molecule has 1 amide bonds. The van der Waals surface area contributed by atoms with Crippen LogP contribution in [0.15, 0.2) is 30.9 Å². The molecule has 2 heterocycles. The van der Waals surface area contributed by atoms with Crippen LogP contribution in [0.5, 0.6) is 0 Å². The van der Waals surface area contributed by atoms with Crippen molar-refractivity contribution < 1.29 is 9.18 Å². The number of likely N-dealkylation sites (tertiary alicyclic amines) is 1. The van der Waals surface area contributed by atoms with Gasteiger partial charge in [0.15, 0.2) is 0 Å². The molecule has 0 bridgehead atoms. The molecule has 0 spiro atoms. The third-order valence-electron chi connectivity index (χ3n) is 4.33. The van der Waals surface area contributed by atoms with Crippen LogP contribution in [0.1, 0.15) is 31.7 Å². The summed E-state index contributed by atoms with van der Waals surface area (Å²) in [4.78, 5) is 18.1. The van der Waals surface area contributed by atoms with Crippen LogP contribution in [-0.4, -0.2) is 44.7 Å². The average Bonchev–Trinajstić information content (AvgIpc) is 3.14. The van der Waals surface area contributed by atoms with Crippen molar-refractivity contribution in [3.05, 3.63) is 42.2 Å². The lowest BCUT2D eigenvalue weighted by molar-refractivity contribution is -0.133. The van der Waals surface area contributed by atoms with Gasteiger partial charge in [0.2, 0.25) is 5.91 Å². The number of hydrogen-bond acceptors (Lipinski definition) is 4. The summed E-state index contributed by atoms with van der Waals surface area (Å²) in [5.41, 5.74) is 1.14. The van der Waals surface area contributed by atoms with Crippen LogP contribution in [0.4, 0.5) is 4.39 Å². The molecule has 0 aliphatic carbocycles. The van der Waals surface area contributed by atoms with E-state index in [0.29, 0.717) is 12.2 Å². The molecule has 1 aromatic heterocycles. The molecule has 1 unspecified atom stereocenters. The van der Waals surface area contributed by atoms with E-state index < -0.39 is 0 Å². The highest BCUT2D eigenvalue weighted by atomic mass is 19.1. The minimum absolute atomic E-state index is 0.120. The highest BCUT2D eigenvalue weighted by molar-refractivity contribution is 5.81. The Morgan fingerprint density at radius 2 is 2.12 bits per heavy atom. The first kappa shape index (κ1) is 16.6. The number of rotatable bonds is 5. The number of halogens is 1. The quantitative estimate of drug-likeness (QED) is 0.909. The van der Waals surface area contributed by atoms with Gasteiger partial charge in [0.25, 0.3) is 0 Å². The van der Waals surface area contributed by atoms with Crippen molar-refractivity contribution in [3.8, 4) is 5.69 Å². The summed E-state index contributed by atoms with van der Waals surface area (Å²) in [6.45, 7) is 3.98. The summed E-state index contributed by atoms with van der Waals surface area (Å²) in [6, 6.07) is 4.67. The molecular weight excluding hydrogens is 309 g/mol. The summed E-state index contributed by atoms with van der Waals surface area (Å²) in [7, 11) is 0. The van der Waals surface area contributed by atoms with Gasteiger partial charge >= 0.3 is 0 Å². The number of nitrogens with zero attached hydrogens (tertiary/aromatic N) is 4. The van der Waals surface area contributed by atoms with E-state index in [1.165, 1.54) is 29.8 Å². The van der Waals surface area contributed by atoms with Crippen molar-refractivity contribution in [3.63, 3.8) is 0 Å². The van der Waals surface area contributed by atoms with Gasteiger partial charge in [-0.25, -0.2) is 14.1 Å². The van der Waals surface area contributed by atoms with Crippen LogP contribution >= 0.6 is 0 Å². The zero-order valence-electron chi connectivity index (χ0n) is 13.8. The maximum absolute atomic E-state index is 14.2. The van der Waals surface area contributed by atoms with Crippen LogP contribution in [0.2, 0.25) is 0 Å². The first-order valence-electron chi connectivity index (χ1n) is 8.31. The van der Waals surface area contributed by atoms with Crippen LogP contribution in [0, 0.1) is 5.82 Å². The lowest BCUT2D eigenvalue weighted by Crippen LogP contribution is -2.46. The molecule has 1 aromatic carbocycles. The van der Waals surface area contributed by atoms with E-state index >= 15 is 0 Å². The van der Waals surface area contributed by atoms with Crippen LogP contribution in [0.25, 0.3) is 5.69 Å². The Bertz CT molecular complexity index is 682. The molecule has 1 aliphatic heterocycles. The van der Waals surface area contributed by atoms with Crippen molar-refractivity contribution in [2.45, 2.75) is 38.8 Å². The number of benzene rings is 1. The fourth-order valence-electron chi connectivity index (χ4n) is 2.93. The molecule has 1 N–H and O–H groups in total. The van der Waals surface area contributed by atoms with E-state index in [1.807, 2.05) is 17.9 Å². The van der Waals surface area contributed by atoms with Gasteiger partial charge in [-0.2, -0.15) is 5.10 Å². The Kier molecular flexibility index (Phi) is 5.20. The van der Waals surface area contributed by atoms with Crippen molar-refractivity contribution in [2.75, 3.05) is 13.1 Å². The minimum atomic E-state index is -0.366. The van der Waals surface area contributed by atoms with E-state index in [4.69, 9.17) is 0 Å². The Morgan fingerprint density at radius 3 is 2.79 bits per heavy atom. The molecule has 24 heavy (non-hydrogen) atoms. The first-order valence-corrected chi connectivity index (χ1v) is 8.31. The smallest absolute Gasteiger partial charge is 0.239 e. The third-order valence-corrected chi connectivity index (χ3v) is 4.33. The number of carbonyl (C=O) groups is 1. The number of hydrogen-bond donors (Lipinski definition) is 1. The van der Waals surface area contributed by atoms with Crippen molar-refractivity contribution in [1.82, 2.24) is 25.0 Å². The fraction of sp³-hybridized carbons (Fsp3) is 0.471. The second-order valence-corrected chi connectivity index (χ2v) is 6.11. The molecule has 6 nitrogen and oxygen atoms in total. The van der Waals surface area contributed by atoms with Crippen LogP contribution in [0.3, 0.4) is 0 Å². The summed E-state index contributed by atoms with van der Waals surface area (Å²) < 4.78 is 15.6. The number of piperidine rings is 1. The highest BCUT2D eigenvalue weighted by Gasteiger charge is 2.21. The van der Waals surface area contributed by atoms with Gasteiger partial charge in [-0.05, 0) is 43.9 Å². The topological polar surface area (TPSA) is 63.1 Å². The monoisotopic (exact) mass is 331 g/mol. The van der Waals surface area contributed by atoms with E-state index in [9.17, 15) is 9.18 Å².